The molecule has 0 fully saturated rings. The molecule has 1 amide bonds. The summed E-state index contributed by atoms with van der Waals surface area (Å²) >= 11 is 1.44. The van der Waals surface area contributed by atoms with Gasteiger partial charge in [-0.05, 0) is 34.9 Å². The Balaban J connectivity index is 3.07. The molecule has 0 saturated heterocycles. The largest absolute Gasteiger partial charge is 0.302 e. The van der Waals surface area contributed by atoms with Gasteiger partial charge in [0.1, 0.15) is 0 Å². The van der Waals surface area contributed by atoms with Crippen LogP contribution >= 0.6 is 11.3 Å². The van der Waals surface area contributed by atoms with Crippen LogP contribution in [-0.2, 0) is 9.59 Å². The van der Waals surface area contributed by atoms with Crippen LogP contribution in [0.25, 0.3) is 0 Å². The number of thiazole rings is 1. The van der Waals surface area contributed by atoms with Crippen LogP contribution in [0.3, 0.4) is 0 Å². The average molecular weight is 311 g/mol. The van der Waals surface area contributed by atoms with Crippen molar-refractivity contribution in [3.8, 4) is 0 Å². The maximum absolute atomic E-state index is 12.2. The Morgan fingerprint density at radius 3 is 2.24 bits per heavy atom. The predicted octanol–water partition coefficient (Wildman–Crippen LogP) is 2.45. The number of nitrogens with zero attached hydrogens (tertiary/aromatic N) is 3. The number of hydrogen-bond acceptors (Lipinski definition) is 5. The number of amides is 1. The number of likely N-dealkylation sites (N-methyl/N-ethyl adjacent to an activating group) is 1. The smallest absolute Gasteiger partial charge is 0.225 e. The van der Waals surface area contributed by atoms with Gasteiger partial charge < -0.3 is 4.90 Å². The first-order valence-corrected chi connectivity index (χ1v) is 7.91. The van der Waals surface area contributed by atoms with Crippen LogP contribution in [-0.4, -0.2) is 48.3 Å². The Kier molecular flexibility index (Phi) is 6.04. The fourth-order valence-corrected chi connectivity index (χ4v) is 3.53. The van der Waals surface area contributed by atoms with E-state index in [1.54, 1.807) is 4.90 Å². The van der Waals surface area contributed by atoms with E-state index in [2.05, 4.69) is 4.98 Å². The summed E-state index contributed by atoms with van der Waals surface area (Å²) < 4.78 is 0. The summed E-state index contributed by atoms with van der Waals surface area (Å²) in [5.41, 5.74) is 0.835. The maximum atomic E-state index is 12.2. The Hall–Kier alpha value is -1.27. The number of carbonyl (C=O) groups is 2. The van der Waals surface area contributed by atoms with Gasteiger partial charge in [-0.2, -0.15) is 0 Å². The molecule has 6 heteroatoms. The number of Topliss-reactive ketones (excluding diaryl/α,β-unsaturated/α-hetero) is 1. The molecule has 1 aromatic heterocycles. The summed E-state index contributed by atoms with van der Waals surface area (Å²) in [4.78, 5) is 33.0. The van der Waals surface area contributed by atoms with Crippen molar-refractivity contribution in [2.24, 2.45) is 0 Å². The molecule has 21 heavy (non-hydrogen) atoms. The number of ketones is 1. The molecule has 118 valence electrons. The molecule has 0 aliphatic carbocycles. The Morgan fingerprint density at radius 1 is 1.24 bits per heavy atom. The predicted molar refractivity (Wildman–Crippen MR) is 87.1 cm³/mol. The van der Waals surface area contributed by atoms with Crippen LogP contribution < -0.4 is 4.90 Å². The van der Waals surface area contributed by atoms with E-state index in [9.17, 15) is 9.59 Å². The Morgan fingerprint density at radius 2 is 1.81 bits per heavy atom. The van der Waals surface area contributed by atoms with Crippen molar-refractivity contribution in [1.29, 1.82) is 0 Å². The van der Waals surface area contributed by atoms with Gasteiger partial charge in [0.25, 0.3) is 0 Å². The molecule has 1 aromatic rings. The lowest BCUT2D eigenvalue weighted by molar-refractivity contribution is -0.120. The zero-order chi connectivity index (χ0) is 16.3. The molecule has 0 aliphatic heterocycles. The monoisotopic (exact) mass is 311 g/mol. The summed E-state index contributed by atoms with van der Waals surface area (Å²) in [6.45, 7) is 9.67. The lowest BCUT2D eigenvalue weighted by Crippen LogP contribution is -2.34. The Labute approximate surface area is 131 Å². The summed E-state index contributed by atoms with van der Waals surface area (Å²) in [5, 5.41) is 0.675. The highest BCUT2D eigenvalue weighted by molar-refractivity contribution is 7.16. The van der Waals surface area contributed by atoms with Crippen molar-refractivity contribution in [1.82, 2.24) is 9.88 Å². The number of aromatic nitrogens is 1. The zero-order valence-electron chi connectivity index (χ0n) is 13.9. The van der Waals surface area contributed by atoms with Crippen molar-refractivity contribution >= 4 is 28.2 Å². The fourth-order valence-electron chi connectivity index (χ4n) is 2.21. The van der Waals surface area contributed by atoms with E-state index in [0.717, 1.165) is 10.6 Å². The van der Waals surface area contributed by atoms with Gasteiger partial charge in [-0.15, -0.1) is 11.3 Å². The van der Waals surface area contributed by atoms with E-state index in [0.29, 0.717) is 11.7 Å². The standard InChI is InChI=1S/C15H25N3O2S/c1-9(2)18(12(5)19)15-16-11(4)14(21-15)10(3)13(20)8-17(6)7/h9-10H,8H2,1-7H3. The van der Waals surface area contributed by atoms with Gasteiger partial charge in [0.05, 0.1) is 18.2 Å². The van der Waals surface area contributed by atoms with E-state index in [1.165, 1.54) is 18.3 Å². The molecule has 0 aliphatic rings. The normalized spacial score (nSPS) is 12.8. The highest BCUT2D eigenvalue weighted by atomic mass is 32.1. The molecule has 0 saturated carbocycles. The number of carbonyl (C=O) groups excluding carboxylic acids is 2. The molecular weight excluding hydrogens is 286 g/mol. The van der Waals surface area contributed by atoms with Gasteiger partial charge in [0.15, 0.2) is 10.9 Å². The molecule has 1 rings (SSSR count). The Bertz CT molecular complexity index is 523. The molecule has 1 heterocycles. The summed E-state index contributed by atoms with van der Waals surface area (Å²) in [7, 11) is 3.76. The first-order chi connectivity index (χ1) is 9.65. The quantitative estimate of drug-likeness (QED) is 0.810. The number of aryl methyl sites for hydroxylation is 1. The molecular formula is C15H25N3O2S. The molecule has 0 radical (unpaired) electrons. The first-order valence-electron chi connectivity index (χ1n) is 7.09. The molecule has 0 N–H and O–H groups in total. The fraction of sp³-hybridized carbons (Fsp3) is 0.667. The summed E-state index contributed by atoms with van der Waals surface area (Å²) in [6, 6.07) is 0.0497. The highest BCUT2D eigenvalue weighted by Crippen LogP contribution is 2.33. The van der Waals surface area contributed by atoms with Crippen LogP contribution in [0, 0.1) is 6.92 Å². The molecule has 5 nitrogen and oxygen atoms in total. The van der Waals surface area contributed by atoms with Crippen molar-refractivity contribution in [2.45, 2.75) is 46.6 Å². The van der Waals surface area contributed by atoms with Gasteiger partial charge in [-0.1, -0.05) is 6.92 Å². The minimum Gasteiger partial charge on any atom is -0.302 e. The van der Waals surface area contributed by atoms with Crippen molar-refractivity contribution in [2.75, 3.05) is 25.5 Å². The van der Waals surface area contributed by atoms with Crippen LogP contribution in [0.2, 0.25) is 0 Å². The summed E-state index contributed by atoms with van der Waals surface area (Å²) in [5.74, 6) is -0.0607. The molecule has 0 aromatic carbocycles. The van der Waals surface area contributed by atoms with Gasteiger partial charge in [-0.3, -0.25) is 14.5 Å². The SMILES string of the molecule is CC(=O)N(c1nc(C)c(C(C)C(=O)CN(C)C)s1)C(C)C. The van der Waals surface area contributed by atoms with Gasteiger partial charge in [0, 0.05) is 17.8 Å². The van der Waals surface area contributed by atoms with Gasteiger partial charge >= 0.3 is 0 Å². The third-order valence-electron chi connectivity index (χ3n) is 3.23. The van der Waals surface area contributed by atoms with Gasteiger partial charge in [-0.25, -0.2) is 4.98 Å². The van der Waals surface area contributed by atoms with E-state index < -0.39 is 0 Å². The minimum absolute atomic E-state index is 0.0300. The maximum Gasteiger partial charge on any atom is 0.225 e. The number of rotatable bonds is 6. The van der Waals surface area contributed by atoms with Crippen molar-refractivity contribution < 1.29 is 9.59 Å². The molecule has 1 atom stereocenters. The van der Waals surface area contributed by atoms with Crippen molar-refractivity contribution in [3.63, 3.8) is 0 Å². The molecule has 1 unspecified atom stereocenters. The second kappa shape index (κ2) is 7.13. The topological polar surface area (TPSA) is 53.5 Å². The van der Waals surface area contributed by atoms with E-state index in [1.807, 2.05) is 46.7 Å². The third kappa shape index (κ3) is 4.35. The first kappa shape index (κ1) is 17.8. The minimum atomic E-state index is -0.195. The van der Waals surface area contributed by atoms with Crippen LogP contribution in [0.15, 0.2) is 0 Å². The van der Waals surface area contributed by atoms with E-state index >= 15 is 0 Å². The van der Waals surface area contributed by atoms with E-state index in [-0.39, 0.29) is 23.7 Å². The summed E-state index contributed by atoms with van der Waals surface area (Å²) in [6.07, 6.45) is 0. The van der Waals surface area contributed by atoms with Crippen LogP contribution in [0.1, 0.15) is 44.2 Å². The number of anilines is 1. The van der Waals surface area contributed by atoms with Crippen LogP contribution in [0.5, 0.6) is 0 Å². The highest BCUT2D eigenvalue weighted by Gasteiger charge is 2.25. The average Bonchev–Trinajstić information content (AvgIpc) is 2.67. The lowest BCUT2D eigenvalue weighted by Gasteiger charge is -2.22. The second-order valence-corrected chi connectivity index (χ2v) is 6.86. The number of hydrogen-bond donors (Lipinski definition) is 0. The van der Waals surface area contributed by atoms with Gasteiger partial charge in [0.2, 0.25) is 5.91 Å². The zero-order valence-corrected chi connectivity index (χ0v) is 14.7. The van der Waals surface area contributed by atoms with Crippen LogP contribution in [0.4, 0.5) is 5.13 Å². The van der Waals surface area contributed by atoms with E-state index in [4.69, 9.17) is 0 Å². The molecule has 0 bridgehead atoms. The molecule has 0 spiro atoms. The lowest BCUT2D eigenvalue weighted by atomic mass is 10.0. The third-order valence-corrected chi connectivity index (χ3v) is 4.57. The second-order valence-electron chi connectivity index (χ2n) is 5.85. The van der Waals surface area contributed by atoms with Crippen molar-refractivity contribution in [3.05, 3.63) is 10.6 Å².